The molecule has 0 saturated carbocycles. The number of hydrogen-bond acceptors (Lipinski definition) is 10. The molecular weight excluding hydrogens is 546 g/mol. The Morgan fingerprint density at radius 1 is 1.00 bits per heavy atom. The van der Waals surface area contributed by atoms with Gasteiger partial charge in [0, 0.05) is 52.4 Å². The zero-order valence-corrected chi connectivity index (χ0v) is 23.0. The van der Waals surface area contributed by atoms with E-state index < -0.39 is 46.6 Å². The summed E-state index contributed by atoms with van der Waals surface area (Å²) in [6.07, 6.45) is 1.68. The van der Waals surface area contributed by atoms with Crippen LogP contribution in [0.25, 0.3) is 0 Å². The van der Waals surface area contributed by atoms with E-state index in [1.54, 1.807) is 20.4 Å². The quantitative estimate of drug-likeness (QED) is 0.234. The summed E-state index contributed by atoms with van der Waals surface area (Å²) >= 11 is 1.65. The van der Waals surface area contributed by atoms with Crippen molar-refractivity contribution in [2.75, 3.05) is 58.7 Å². The van der Waals surface area contributed by atoms with Gasteiger partial charge in [0.2, 0.25) is 0 Å². The Kier molecular flexibility index (Phi) is 11.9. The molecule has 2 aliphatic rings. The molecule has 2 fully saturated rings. The Morgan fingerprint density at radius 2 is 1.53 bits per heavy atom. The van der Waals surface area contributed by atoms with Crippen LogP contribution in [-0.2, 0) is 42.4 Å². The average molecular weight is 582 g/mol. The van der Waals surface area contributed by atoms with Crippen molar-refractivity contribution in [2.24, 2.45) is 0 Å². The molecule has 0 bridgehead atoms. The summed E-state index contributed by atoms with van der Waals surface area (Å²) in [5.41, 5.74) is -1.55. The Morgan fingerprint density at radius 3 is 1.97 bits per heavy atom. The summed E-state index contributed by atoms with van der Waals surface area (Å²) in [5.74, 6) is -5.02. The van der Waals surface area contributed by atoms with Crippen LogP contribution in [0.4, 0.5) is 0 Å². The molecule has 15 nitrogen and oxygen atoms in total. The molecule has 0 aliphatic carbocycles. The number of aromatic nitrogens is 2. The van der Waals surface area contributed by atoms with Gasteiger partial charge >= 0.3 is 17.9 Å². The highest BCUT2D eigenvalue weighted by molar-refractivity contribution is 7.98. The minimum Gasteiger partial charge on any atom is -0.481 e. The van der Waals surface area contributed by atoms with Crippen molar-refractivity contribution < 1.29 is 48.0 Å². The summed E-state index contributed by atoms with van der Waals surface area (Å²) in [6.45, 7) is 8.27. The van der Waals surface area contributed by atoms with E-state index in [0.29, 0.717) is 39.4 Å². The van der Waals surface area contributed by atoms with Gasteiger partial charge in [0.05, 0.1) is 37.9 Å². The molecule has 1 aromatic rings. The van der Waals surface area contributed by atoms with Gasteiger partial charge in [0.15, 0.2) is 10.8 Å². The maximum absolute atomic E-state index is 12.7. The van der Waals surface area contributed by atoms with E-state index >= 15 is 0 Å². The molecular formula is C21H35N5O10S2. The SMILES string of the molecule is CCn1c(CN2CCN(S(=O)(=O)N3CCOCC3)CC2)cnc1SC.O=C(O)CC(O)(CC(=O)O)C(=O)O. The standard InChI is InChI=1S/C15H27N5O3S2.C6H8O7/c1-3-20-14(12-16-15(20)24-2)13-17-4-6-18(7-5-17)25(21,22)19-8-10-23-11-9-19;7-3(8)1-6(13,5(11)12)2-4(9)10/h12H,3-11,13H2,1-2H3;13H,1-2H2,(H,7,8)(H,9,10)(H,11,12). The van der Waals surface area contributed by atoms with E-state index in [9.17, 15) is 22.8 Å². The van der Waals surface area contributed by atoms with Gasteiger partial charge < -0.3 is 29.7 Å². The third kappa shape index (κ3) is 8.62. The lowest BCUT2D eigenvalue weighted by Gasteiger charge is -2.37. The number of imidazole rings is 1. The minimum absolute atomic E-state index is 0.454. The van der Waals surface area contributed by atoms with Crippen molar-refractivity contribution in [3.05, 3.63) is 11.9 Å². The minimum atomic E-state index is -3.35. The Labute approximate surface area is 225 Å². The van der Waals surface area contributed by atoms with Crippen LogP contribution in [0.2, 0.25) is 0 Å². The first-order valence-electron chi connectivity index (χ1n) is 11.9. The second-order valence-corrected chi connectivity index (χ2v) is 11.4. The lowest BCUT2D eigenvalue weighted by atomic mass is 9.96. The number of carboxylic acid groups (broad SMARTS) is 3. The first kappa shape index (κ1) is 31.9. The van der Waals surface area contributed by atoms with Crippen LogP contribution < -0.4 is 0 Å². The first-order chi connectivity index (χ1) is 17.8. The highest BCUT2D eigenvalue weighted by Gasteiger charge is 2.40. The molecule has 0 unspecified atom stereocenters. The topological polar surface area (TPSA) is 203 Å². The smallest absolute Gasteiger partial charge is 0.336 e. The summed E-state index contributed by atoms with van der Waals surface area (Å²) < 4.78 is 36.1. The summed E-state index contributed by atoms with van der Waals surface area (Å²) in [6, 6.07) is 0. The third-order valence-corrected chi connectivity index (χ3v) is 8.75. The van der Waals surface area contributed by atoms with Crippen molar-refractivity contribution in [1.82, 2.24) is 23.1 Å². The molecule has 2 saturated heterocycles. The zero-order valence-electron chi connectivity index (χ0n) is 21.4. The fourth-order valence-corrected chi connectivity index (χ4v) is 6.21. The van der Waals surface area contributed by atoms with E-state index in [4.69, 9.17) is 25.2 Å². The molecule has 1 aromatic heterocycles. The van der Waals surface area contributed by atoms with E-state index in [0.717, 1.165) is 31.3 Å². The van der Waals surface area contributed by atoms with E-state index in [2.05, 4.69) is 21.4 Å². The van der Waals surface area contributed by atoms with Crippen LogP contribution in [0.5, 0.6) is 0 Å². The number of aliphatic carboxylic acids is 3. The van der Waals surface area contributed by atoms with Gasteiger partial charge in [-0.25, -0.2) is 9.78 Å². The number of nitrogens with zero attached hydrogens (tertiary/aromatic N) is 5. The predicted molar refractivity (Wildman–Crippen MR) is 135 cm³/mol. The summed E-state index contributed by atoms with van der Waals surface area (Å²) in [5, 5.41) is 34.8. The number of carbonyl (C=O) groups is 3. The third-order valence-electron chi connectivity index (χ3n) is 6.03. The molecule has 0 atom stereocenters. The second kappa shape index (κ2) is 14.2. The number of piperazine rings is 1. The van der Waals surface area contributed by atoms with Crippen LogP contribution in [0.15, 0.2) is 11.4 Å². The van der Waals surface area contributed by atoms with Crippen molar-refractivity contribution in [3.63, 3.8) is 0 Å². The Balaban J connectivity index is 0.000000332. The van der Waals surface area contributed by atoms with Crippen molar-refractivity contribution in [3.8, 4) is 0 Å². The normalized spacial score (nSPS) is 18.0. The first-order valence-corrected chi connectivity index (χ1v) is 14.5. The number of thioether (sulfide) groups is 1. The monoisotopic (exact) mass is 581 g/mol. The molecule has 0 amide bonds. The second-order valence-electron chi connectivity index (χ2n) is 8.65. The largest absolute Gasteiger partial charge is 0.481 e. The number of hydrogen-bond donors (Lipinski definition) is 4. The molecule has 0 spiro atoms. The van der Waals surface area contributed by atoms with Crippen molar-refractivity contribution in [2.45, 2.75) is 43.6 Å². The lowest BCUT2D eigenvalue weighted by molar-refractivity contribution is -0.170. The molecule has 3 heterocycles. The molecule has 17 heteroatoms. The van der Waals surface area contributed by atoms with Gasteiger partial charge in [-0.15, -0.1) is 0 Å². The zero-order chi connectivity index (χ0) is 28.5. The van der Waals surface area contributed by atoms with Crippen LogP contribution in [-0.4, -0.2) is 134 Å². The fourth-order valence-electron chi connectivity index (χ4n) is 4.02. The molecule has 2 aliphatic heterocycles. The van der Waals surface area contributed by atoms with Gasteiger partial charge in [-0.2, -0.15) is 17.0 Å². The Bertz CT molecular complexity index is 1050. The molecule has 216 valence electrons. The predicted octanol–water partition coefficient (Wildman–Crippen LogP) is -0.929. The van der Waals surface area contributed by atoms with E-state index in [1.807, 2.05) is 12.5 Å². The van der Waals surface area contributed by atoms with Gasteiger partial charge in [-0.3, -0.25) is 14.5 Å². The van der Waals surface area contributed by atoms with Gasteiger partial charge in [0.1, 0.15) is 0 Å². The number of aliphatic hydroxyl groups is 1. The molecule has 0 radical (unpaired) electrons. The van der Waals surface area contributed by atoms with E-state index in [-0.39, 0.29) is 0 Å². The molecule has 0 aromatic carbocycles. The highest BCUT2D eigenvalue weighted by Crippen LogP contribution is 2.19. The fraction of sp³-hybridized carbons (Fsp3) is 0.714. The molecule has 3 rings (SSSR count). The number of carboxylic acids is 3. The molecule has 38 heavy (non-hydrogen) atoms. The van der Waals surface area contributed by atoms with Crippen molar-refractivity contribution >= 4 is 39.9 Å². The number of ether oxygens (including phenoxy) is 1. The lowest BCUT2D eigenvalue weighted by Crippen LogP contribution is -2.54. The van der Waals surface area contributed by atoms with Crippen LogP contribution in [0.3, 0.4) is 0 Å². The van der Waals surface area contributed by atoms with Gasteiger partial charge in [-0.05, 0) is 13.2 Å². The molecule has 4 N–H and O–H groups in total. The Hall–Kier alpha value is -2.28. The maximum atomic E-state index is 12.7. The van der Waals surface area contributed by atoms with Crippen LogP contribution in [0.1, 0.15) is 25.5 Å². The van der Waals surface area contributed by atoms with Crippen LogP contribution >= 0.6 is 11.8 Å². The van der Waals surface area contributed by atoms with Crippen LogP contribution in [0, 0.1) is 0 Å². The number of rotatable bonds is 11. The maximum Gasteiger partial charge on any atom is 0.336 e. The van der Waals surface area contributed by atoms with E-state index in [1.165, 1.54) is 5.69 Å². The van der Waals surface area contributed by atoms with Crippen molar-refractivity contribution in [1.29, 1.82) is 0 Å². The van der Waals surface area contributed by atoms with Gasteiger partial charge in [-0.1, -0.05) is 11.8 Å². The summed E-state index contributed by atoms with van der Waals surface area (Å²) in [7, 11) is -3.35. The number of morpholine rings is 1. The highest BCUT2D eigenvalue weighted by atomic mass is 32.2. The summed E-state index contributed by atoms with van der Waals surface area (Å²) in [4.78, 5) is 37.2. The average Bonchev–Trinajstić information content (AvgIpc) is 3.25. The van der Waals surface area contributed by atoms with Gasteiger partial charge in [0.25, 0.3) is 10.2 Å².